The van der Waals surface area contributed by atoms with Crippen LogP contribution < -0.4 is 10.6 Å². The molecule has 0 aliphatic carbocycles. The van der Waals surface area contributed by atoms with E-state index in [0.29, 0.717) is 22.8 Å². The predicted molar refractivity (Wildman–Crippen MR) is 135 cm³/mol. The normalized spacial score (nSPS) is 15.2. The van der Waals surface area contributed by atoms with Crippen LogP contribution in [0.25, 0.3) is 4.91 Å². The predicted octanol–water partition coefficient (Wildman–Crippen LogP) is 3.45. The van der Waals surface area contributed by atoms with E-state index < -0.39 is 39.4 Å². The lowest BCUT2D eigenvalue weighted by molar-refractivity contribution is -0.139. The molecule has 1 aliphatic rings. The quantitative estimate of drug-likeness (QED) is 0.471. The zero-order valence-corrected chi connectivity index (χ0v) is 22.4. The molecule has 192 valence electrons. The van der Waals surface area contributed by atoms with Gasteiger partial charge in [0.1, 0.15) is 17.5 Å². The number of alkyl carbamates (subject to hydrolysis) is 1. The Hall–Kier alpha value is -2.57. The number of carbonyl (C=O) groups excluding carboxylic acids is 2. The Morgan fingerprint density at radius 2 is 1.94 bits per heavy atom. The Bertz CT molecular complexity index is 1190. The van der Waals surface area contributed by atoms with Crippen LogP contribution in [0.15, 0.2) is 33.8 Å². The lowest BCUT2D eigenvalue weighted by atomic mass is 10.1. The summed E-state index contributed by atoms with van der Waals surface area (Å²) in [6, 6.07) is 3.41. The number of aliphatic imine (C=N–C) groups is 1. The first-order valence-electron chi connectivity index (χ1n) is 10.5. The van der Waals surface area contributed by atoms with Crippen molar-refractivity contribution in [2.45, 2.75) is 57.1 Å². The number of nitrogens with zero attached hydrogens (tertiary/aromatic N) is 1. The van der Waals surface area contributed by atoms with Crippen molar-refractivity contribution in [1.82, 2.24) is 10.6 Å². The Morgan fingerprint density at radius 3 is 2.49 bits per heavy atom. The molecular weight excluding hydrogens is 518 g/mol. The molecule has 10 nitrogen and oxygen atoms in total. The first-order valence-corrected chi connectivity index (χ1v) is 13.8. The van der Waals surface area contributed by atoms with Gasteiger partial charge in [0.2, 0.25) is 5.91 Å². The second-order valence-corrected chi connectivity index (χ2v) is 12.2. The van der Waals surface area contributed by atoms with E-state index in [1.807, 2.05) is 0 Å². The van der Waals surface area contributed by atoms with E-state index >= 15 is 0 Å². The monoisotopic (exact) mass is 545 g/mol. The molecule has 3 N–H and O–H groups in total. The average molecular weight is 546 g/mol. The molecule has 1 unspecified atom stereocenters. The number of rotatable bonds is 7. The third-order valence-corrected chi connectivity index (χ3v) is 7.33. The number of carboxylic acid groups (broad SMARTS) is 1. The van der Waals surface area contributed by atoms with Crippen LogP contribution in [0.2, 0.25) is 5.02 Å². The van der Waals surface area contributed by atoms with Gasteiger partial charge in [0, 0.05) is 17.6 Å². The zero-order chi connectivity index (χ0) is 26.6. The number of hydrogen-bond donors (Lipinski definition) is 3. The molecule has 0 aromatic heterocycles. The molecule has 0 bridgehead atoms. The number of allylic oxidation sites excluding steroid dienone is 1. The first-order chi connectivity index (χ1) is 16.1. The van der Waals surface area contributed by atoms with Gasteiger partial charge in [-0.05, 0) is 51.8 Å². The second-order valence-electron chi connectivity index (χ2n) is 8.80. The van der Waals surface area contributed by atoms with E-state index in [2.05, 4.69) is 15.6 Å². The van der Waals surface area contributed by atoms with Crippen LogP contribution in [-0.2, 0) is 24.2 Å². The average Bonchev–Trinajstić information content (AvgIpc) is 2.69. The van der Waals surface area contributed by atoms with E-state index in [-0.39, 0.29) is 22.8 Å². The summed E-state index contributed by atoms with van der Waals surface area (Å²) in [5.41, 5.74) is 0.432. The van der Waals surface area contributed by atoms with Crippen molar-refractivity contribution in [3.63, 3.8) is 0 Å². The van der Waals surface area contributed by atoms with E-state index in [1.165, 1.54) is 23.9 Å². The number of benzene rings is 1. The molecule has 0 spiro atoms. The molecule has 1 aromatic carbocycles. The number of carboxylic acids is 1. The van der Waals surface area contributed by atoms with Crippen LogP contribution in [-0.4, -0.2) is 61.0 Å². The van der Waals surface area contributed by atoms with Crippen LogP contribution in [0.1, 0.15) is 46.1 Å². The molecule has 0 saturated carbocycles. The van der Waals surface area contributed by atoms with Crippen molar-refractivity contribution in [1.29, 1.82) is 0 Å². The van der Waals surface area contributed by atoms with Gasteiger partial charge in [-0.25, -0.2) is 23.0 Å². The summed E-state index contributed by atoms with van der Waals surface area (Å²) < 4.78 is 29.0. The number of amides is 2. The minimum Gasteiger partial charge on any atom is -0.480 e. The fraction of sp³-hybridized carbons (Fsp3) is 0.455. The molecule has 0 fully saturated rings. The molecule has 0 saturated heterocycles. The fourth-order valence-corrected chi connectivity index (χ4v) is 5.29. The number of ether oxygens (including phenoxy) is 1. The molecule has 13 heteroatoms. The second kappa shape index (κ2) is 11.4. The maximum atomic E-state index is 12.4. The van der Waals surface area contributed by atoms with Crippen LogP contribution in [0, 0.1) is 0 Å². The van der Waals surface area contributed by atoms with Crippen LogP contribution in [0.5, 0.6) is 0 Å². The molecule has 1 aromatic rings. The minimum absolute atomic E-state index is 0.0219. The SMILES string of the molecule is CC1=C(c2ccc(Cl)c(S(C)(=O)=O)c2)SCC(NC(=O)CCC(NC(=O)OC(C)(C)C)C(=O)O)=N1. The number of amidine groups is 1. The molecule has 1 heterocycles. The number of aliphatic carboxylic acids is 1. The summed E-state index contributed by atoms with van der Waals surface area (Å²) in [6.45, 7) is 6.68. The van der Waals surface area contributed by atoms with Gasteiger partial charge in [-0.2, -0.15) is 0 Å². The van der Waals surface area contributed by atoms with Gasteiger partial charge in [-0.3, -0.25) is 4.79 Å². The van der Waals surface area contributed by atoms with Gasteiger partial charge in [0.25, 0.3) is 0 Å². The number of carbonyl (C=O) groups is 3. The lowest BCUT2D eigenvalue weighted by Gasteiger charge is -2.22. The van der Waals surface area contributed by atoms with E-state index in [0.717, 1.165) is 11.2 Å². The number of nitrogens with one attached hydrogen (secondary N) is 2. The summed E-state index contributed by atoms with van der Waals surface area (Å²) in [4.78, 5) is 40.8. The Morgan fingerprint density at radius 1 is 1.29 bits per heavy atom. The van der Waals surface area contributed by atoms with Crippen molar-refractivity contribution in [3.8, 4) is 0 Å². The standard InChI is InChI=1S/C22H28ClN3O7S2/c1-12-19(13-6-7-14(23)16(10-13)35(5,31)32)34-11-17(24-12)26-18(27)9-8-15(20(28)29)25-21(30)33-22(2,3)4/h6-7,10,15H,8-9,11H2,1-5H3,(H,25,30)(H,28,29)(H,24,26,27). The first kappa shape index (κ1) is 28.7. The largest absolute Gasteiger partial charge is 0.480 e. The molecule has 35 heavy (non-hydrogen) atoms. The van der Waals surface area contributed by atoms with Gasteiger partial charge < -0.3 is 20.5 Å². The highest BCUT2D eigenvalue weighted by Crippen LogP contribution is 2.36. The maximum absolute atomic E-state index is 12.4. The summed E-state index contributed by atoms with van der Waals surface area (Å²) in [5, 5.41) is 14.4. The van der Waals surface area contributed by atoms with E-state index in [4.69, 9.17) is 16.3 Å². The summed E-state index contributed by atoms with van der Waals surface area (Å²) in [6.07, 6.45) is -0.106. The van der Waals surface area contributed by atoms with Gasteiger partial charge >= 0.3 is 12.1 Å². The summed E-state index contributed by atoms with van der Waals surface area (Å²) in [7, 11) is -3.51. The number of halogens is 1. The maximum Gasteiger partial charge on any atom is 0.408 e. The molecule has 0 radical (unpaired) electrons. The molecule has 2 amide bonds. The van der Waals surface area contributed by atoms with E-state index in [1.54, 1.807) is 33.8 Å². The number of sulfone groups is 1. The van der Waals surface area contributed by atoms with Crippen molar-refractivity contribution in [2.75, 3.05) is 12.0 Å². The Kier molecular flexibility index (Phi) is 9.37. The minimum atomic E-state index is -3.51. The number of thioether (sulfide) groups is 1. The van der Waals surface area contributed by atoms with Gasteiger partial charge in [-0.15, -0.1) is 11.8 Å². The lowest BCUT2D eigenvalue weighted by Crippen LogP contribution is -2.44. The molecule has 1 atom stereocenters. The molecule has 2 rings (SSSR count). The van der Waals surface area contributed by atoms with Gasteiger partial charge in [-0.1, -0.05) is 17.7 Å². The smallest absolute Gasteiger partial charge is 0.408 e. The van der Waals surface area contributed by atoms with Gasteiger partial charge in [0.15, 0.2) is 9.84 Å². The summed E-state index contributed by atoms with van der Waals surface area (Å²) >= 11 is 7.39. The third kappa shape index (κ3) is 8.86. The summed E-state index contributed by atoms with van der Waals surface area (Å²) in [5.74, 6) is -1.04. The number of hydrogen-bond acceptors (Lipinski definition) is 8. The van der Waals surface area contributed by atoms with Crippen molar-refractivity contribution < 1.29 is 32.6 Å². The highest BCUT2D eigenvalue weighted by molar-refractivity contribution is 8.09. The Labute approximate surface area is 213 Å². The topological polar surface area (TPSA) is 151 Å². The fourth-order valence-electron chi connectivity index (χ4n) is 3.02. The van der Waals surface area contributed by atoms with Crippen LogP contribution >= 0.6 is 23.4 Å². The third-order valence-electron chi connectivity index (χ3n) is 4.51. The van der Waals surface area contributed by atoms with Gasteiger partial charge in [0.05, 0.1) is 21.4 Å². The van der Waals surface area contributed by atoms with Crippen molar-refractivity contribution in [3.05, 3.63) is 34.5 Å². The molecular formula is C22H28ClN3O7S2. The highest BCUT2D eigenvalue weighted by atomic mass is 35.5. The molecule has 1 aliphatic heterocycles. The van der Waals surface area contributed by atoms with Crippen LogP contribution in [0.4, 0.5) is 4.79 Å². The van der Waals surface area contributed by atoms with Crippen LogP contribution in [0.3, 0.4) is 0 Å². The van der Waals surface area contributed by atoms with E-state index in [9.17, 15) is 27.9 Å². The highest BCUT2D eigenvalue weighted by Gasteiger charge is 2.25. The van der Waals surface area contributed by atoms with Crippen molar-refractivity contribution in [2.24, 2.45) is 4.99 Å². The van der Waals surface area contributed by atoms with Crippen molar-refractivity contribution >= 4 is 61.9 Å². The Balaban J connectivity index is 2.04. The zero-order valence-electron chi connectivity index (χ0n) is 20.0.